The highest BCUT2D eigenvalue weighted by Crippen LogP contribution is 2.28. The lowest BCUT2D eigenvalue weighted by Crippen LogP contribution is -2.30. The maximum atomic E-state index is 12.7. The van der Waals surface area contributed by atoms with E-state index in [1.54, 1.807) is 36.4 Å². The van der Waals surface area contributed by atoms with Crippen LogP contribution in [0.25, 0.3) is 17.4 Å². The Bertz CT molecular complexity index is 1280. The molecule has 3 amide bonds. The van der Waals surface area contributed by atoms with E-state index >= 15 is 0 Å². The minimum Gasteiger partial charge on any atom is -0.465 e. The van der Waals surface area contributed by atoms with Crippen LogP contribution in [0.5, 0.6) is 0 Å². The molecule has 1 saturated heterocycles. The van der Waals surface area contributed by atoms with Crippen molar-refractivity contribution in [1.82, 2.24) is 10.2 Å². The topological polar surface area (TPSA) is 128 Å². The van der Waals surface area contributed by atoms with E-state index in [1.807, 2.05) is 0 Å². The smallest absolute Gasteiger partial charge is 0.373 e. The van der Waals surface area contributed by atoms with Crippen molar-refractivity contribution in [2.45, 2.75) is 6.54 Å². The number of nitrogens with zero attached hydrogens (tertiary/aromatic N) is 1. The molecule has 0 aliphatic carbocycles. The molecule has 0 saturated carbocycles. The van der Waals surface area contributed by atoms with E-state index in [1.165, 1.54) is 32.4 Å². The first kappa shape index (κ1) is 21.6. The number of carbonyl (C=O) groups is 4. The van der Waals surface area contributed by atoms with Crippen LogP contribution in [0.1, 0.15) is 32.4 Å². The van der Waals surface area contributed by atoms with Crippen molar-refractivity contribution in [2.24, 2.45) is 0 Å². The largest absolute Gasteiger partial charge is 0.465 e. The second-order valence-electron chi connectivity index (χ2n) is 6.88. The zero-order valence-corrected chi connectivity index (χ0v) is 17.6. The summed E-state index contributed by atoms with van der Waals surface area (Å²) in [7, 11) is 2.50. The molecule has 4 rings (SSSR count). The van der Waals surface area contributed by atoms with Crippen molar-refractivity contribution in [3.05, 3.63) is 77.1 Å². The Morgan fingerprint density at radius 1 is 0.970 bits per heavy atom. The van der Waals surface area contributed by atoms with Gasteiger partial charge in [-0.2, -0.15) is 0 Å². The fourth-order valence-electron chi connectivity index (χ4n) is 3.25. The molecule has 3 aromatic rings. The maximum absolute atomic E-state index is 12.7. The number of hydrogen-bond donors (Lipinski definition) is 1. The molecule has 33 heavy (non-hydrogen) atoms. The van der Waals surface area contributed by atoms with Crippen molar-refractivity contribution in [3.8, 4) is 11.3 Å². The lowest BCUT2D eigenvalue weighted by molar-refractivity contribution is -0.123. The van der Waals surface area contributed by atoms with Gasteiger partial charge in [0.1, 0.15) is 23.0 Å². The summed E-state index contributed by atoms with van der Waals surface area (Å²) in [6.07, 6.45) is 1.38. The summed E-state index contributed by atoms with van der Waals surface area (Å²) in [5, 5.41) is 2.48. The molecule has 2 aromatic heterocycles. The van der Waals surface area contributed by atoms with Gasteiger partial charge < -0.3 is 23.6 Å². The molecule has 0 atom stereocenters. The van der Waals surface area contributed by atoms with Gasteiger partial charge in [0, 0.05) is 11.6 Å². The summed E-state index contributed by atoms with van der Waals surface area (Å²) in [6.45, 7) is -0.172. The minimum atomic E-state index is -0.665. The van der Waals surface area contributed by atoms with Crippen molar-refractivity contribution < 1.29 is 37.5 Å². The summed E-state index contributed by atoms with van der Waals surface area (Å²) in [5.74, 6) is -0.886. The molecule has 168 valence electrons. The second-order valence-corrected chi connectivity index (χ2v) is 6.88. The van der Waals surface area contributed by atoms with Crippen molar-refractivity contribution >= 4 is 30.0 Å². The number of hydrogen-bond acceptors (Lipinski definition) is 8. The van der Waals surface area contributed by atoms with Gasteiger partial charge in [0.25, 0.3) is 5.91 Å². The van der Waals surface area contributed by atoms with Crippen molar-refractivity contribution in [3.63, 3.8) is 0 Å². The van der Waals surface area contributed by atoms with Crippen LogP contribution in [-0.2, 0) is 20.8 Å². The molecule has 0 radical (unpaired) electrons. The third kappa shape index (κ3) is 4.26. The molecule has 3 heterocycles. The molecule has 10 nitrogen and oxygen atoms in total. The Kier molecular flexibility index (Phi) is 5.81. The average Bonchev–Trinajstić information content (AvgIpc) is 3.55. The highest BCUT2D eigenvalue weighted by atomic mass is 16.5. The van der Waals surface area contributed by atoms with Gasteiger partial charge in [0.05, 0.1) is 26.3 Å². The number of benzene rings is 1. The van der Waals surface area contributed by atoms with E-state index in [0.717, 1.165) is 4.90 Å². The van der Waals surface area contributed by atoms with Crippen LogP contribution in [0.2, 0.25) is 0 Å². The summed E-state index contributed by atoms with van der Waals surface area (Å²) in [4.78, 5) is 49.5. The Labute approximate surface area is 187 Å². The monoisotopic (exact) mass is 450 g/mol. The second kappa shape index (κ2) is 8.87. The van der Waals surface area contributed by atoms with Crippen LogP contribution in [0.15, 0.2) is 63.1 Å². The van der Waals surface area contributed by atoms with E-state index in [2.05, 4.69) is 10.1 Å². The summed E-state index contributed by atoms with van der Waals surface area (Å²) in [5.41, 5.74) is 0.855. The van der Waals surface area contributed by atoms with Crippen LogP contribution in [-0.4, -0.2) is 43.0 Å². The van der Waals surface area contributed by atoms with Gasteiger partial charge in [-0.1, -0.05) is 18.2 Å². The number of furan rings is 2. The molecule has 1 aliphatic rings. The van der Waals surface area contributed by atoms with Crippen LogP contribution >= 0.6 is 0 Å². The highest BCUT2D eigenvalue weighted by Gasteiger charge is 2.34. The fourth-order valence-corrected chi connectivity index (χ4v) is 3.25. The number of methoxy groups -OCH3 is 2. The molecule has 0 spiro atoms. The molecule has 1 N–H and O–H groups in total. The number of nitrogens with one attached hydrogen (secondary N) is 1. The Balaban J connectivity index is 1.53. The SMILES string of the molecule is COC(=O)c1ccc(CN2C(=O)N/C(=C\c3ccc(-c4ccccc4C(=O)OC)o3)C2=O)o1. The maximum Gasteiger partial charge on any atom is 0.373 e. The minimum absolute atomic E-state index is 0.00176. The summed E-state index contributed by atoms with van der Waals surface area (Å²) < 4.78 is 20.5. The normalized spacial score (nSPS) is 14.5. The van der Waals surface area contributed by atoms with E-state index in [4.69, 9.17) is 13.6 Å². The fraction of sp³-hybridized carbons (Fsp3) is 0.130. The third-order valence-corrected chi connectivity index (χ3v) is 4.84. The molecular weight excluding hydrogens is 432 g/mol. The van der Waals surface area contributed by atoms with Crippen molar-refractivity contribution in [2.75, 3.05) is 14.2 Å². The van der Waals surface area contributed by atoms with Gasteiger partial charge in [-0.05, 0) is 30.3 Å². The van der Waals surface area contributed by atoms with Crippen LogP contribution < -0.4 is 5.32 Å². The number of rotatable bonds is 6. The molecule has 0 bridgehead atoms. The van der Waals surface area contributed by atoms with Crippen LogP contribution in [0.3, 0.4) is 0 Å². The number of imide groups is 1. The number of carbonyl (C=O) groups excluding carboxylic acids is 4. The Hall–Kier alpha value is -4.60. The number of urea groups is 1. The number of ether oxygens (including phenoxy) is 2. The summed E-state index contributed by atoms with van der Waals surface area (Å²) >= 11 is 0. The molecule has 1 fully saturated rings. The number of esters is 2. The quantitative estimate of drug-likeness (QED) is 0.344. The average molecular weight is 450 g/mol. The molecule has 10 heteroatoms. The predicted molar refractivity (Wildman–Crippen MR) is 113 cm³/mol. The Morgan fingerprint density at radius 3 is 2.48 bits per heavy atom. The Morgan fingerprint density at radius 2 is 1.73 bits per heavy atom. The van der Waals surface area contributed by atoms with Gasteiger partial charge in [0.2, 0.25) is 5.76 Å². The first-order valence-electron chi connectivity index (χ1n) is 9.70. The van der Waals surface area contributed by atoms with Gasteiger partial charge in [-0.15, -0.1) is 0 Å². The first-order valence-corrected chi connectivity index (χ1v) is 9.70. The van der Waals surface area contributed by atoms with E-state index < -0.39 is 23.9 Å². The van der Waals surface area contributed by atoms with Gasteiger partial charge in [-0.3, -0.25) is 9.69 Å². The lowest BCUT2D eigenvalue weighted by Gasteiger charge is -2.09. The first-order chi connectivity index (χ1) is 15.9. The van der Waals surface area contributed by atoms with Gasteiger partial charge >= 0.3 is 18.0 Å². The van der Waals surface area contributed by atoms with E-state index in [9.17, 15) is 19.2 Å². The van der Waals surface area contributed by atoms with Crippen molar-refractivity contribution in [1.29, 1.82) is 0 Å². The number of amides is 3. The van der Waals surface area contributed by atoms with Gasteiger partial charge in [-0.25, -0.2) is 14.4 Å². The van der Waals surface area contributed by atoms with E-state index in [0.29, 0.717) is 22.6 Å². The molecular formula is C23H18N2O8. The molecule has 1 aliphatic heterocycles. The summed E-state index contributed by atoms with van der Waals surface area (Å²) in [6, 6.07) is 12.2. The van der Waals surface area contributed by atoms with Crippen LogP contribution in [0.4, 0.5) is 4.79 Å². The van der Waals surface area contributed by atoms with E-state index in [-0.39, 0.29) is 23.8 Å². The molecule has 0 unspecified atom stereocenters. The standard InChI is InChI=1S/C23H18N2O8/c1-30-21(27)16-6-4-3-5-15(16)18-9-7-13(32-18)11-17-20(26)25(23(29)24-17)12-14-8-10-19(33-14)22(28)31-2/h3-11H,12H2,1-2H3,(H,24,29)/b17-11-. The molecule has 1 aromatic carbocycles. The zero-order chi connectivity index (χ0) is 23.5. The van der Waals surface area contributed by atoms with Gasteiger partial charge in [0.15, 0.2) is 0 Å². The van der Waals surface area contributed by atoms with Crippen LogP contribution in [0, 0.1) is 0 Å². The highest BCUT2D eigenvalue weighted by molar-refractivity contribution is 6.13. The predicted octanol–water partition coefficient (Wildman–Crippen LogP) is 3.21. The zero-order valence-electron chi connectivity index (χ0n) is 17.6. The third-order valence-electron chi connectivity index (χ3n) is 4.84. The lowest BCUT2D eigenvalue weighted by atomic mass is 10.1.